The number of benzene rings is 1. The van der Waals surface area contributed by atoms with Crippen LogP contribution in [0.15, 0.2) is 18.2 Å². The molecule has 0 aromatic heterocycles. The van der Waals surface area contributed by atoms with Gasteiger partial charge >= 0.3 is 0 Å². The zero-order chi connectivity index (χ0) is 15.2. The summed E-state index contributed by atoms with van der Waals surface area (Å²) in [7, 11) is 1.65. The molecule has 2 atom stereocenters. The zero-order valence-electron chi connectivity index (χ0n) is 12.9. The van der Waals surface area contributed by atoms with Gasteiger partial charge in [0.25, 0.3) is 0 Å². The minimum absolute atomic E-state index is 0.0350. The maximum absolute atomic E-state index is 12.0. The largest absolute Gasteiger partial charge is 0.497 e. The van der Waals surface area contributed by atoms with Crippen LogP contribution in [0.1, 0.15) is 38.3 Å². The van der Waals surface area contributed by atoms with E-state index >= 15 is 0 Å². The summed E-state index contributed by atoms with van der Waals surface area (Å²) in [5.41, 5.74) is 1.05. The van der Waals surface area contributed by atoms with Gasteiger partial charge in [-0.3, -0.25) is 10.1 Å². The molecule has 0 bridgehead atoms. The number of nitrogens with one attached hydrogen (secondary N) is 2. The van der Waals surface area contributed by atoms with Gasteiger partial charge in [0.15, 0.2) is 0 Å². The Balaban J connectivity index is 2.07. The Labute approximate surface area is 126 Å². The van der Waals surface area contributed by atoms with Crippen molar-refractivity contribution in [2.45, 2.75) is 38.8 Å². The molecule has 0 fully saturated rings. The molecular formula is C16H24N2O3. The second-order valence-electron chi connectivity index (χ2n) is 5.27. The predicted octanol–water partition coefficient (Wildman–Crippen LogP) is 2.02. The lowest BCUT2D eigenvalue weighted by Gasteiger charge is -2.29. The molecule has 2 N–H and O–H groups in total. The molecule has 2 unspecified atom stereocenters. The van der Waals surface area contributed by atoms with Gasteiger partial charge < -0.3 is 14.8 Å². The summed E-state index contributed by atoms with van der Waals surface area (Å²) in [6.45, 7) is 5.29. The van der Waals surface area contributed by atoms with E-state index in [9.17, 15) is 4.79 Å². The maximum Gasteiger partial charge on any atom is 0.236 e. The molecule has 0 aliphatic carbocycles. The van der Waals surface area contributed by atoms with E-state index in [4.69, 9.17) is 9.47 Å². The average molecular weight is 292 g/mol. The summed E-state index contributed by atoms with van der Waals surface area (Å²) in [4.78, 5) is 12.0. The van der Waals surface area contributed by atoms with E-state index in [1.54, 1.807) is 7.11 Å². The number of carbonyl (C=O) groups excluding carboxylic acids is 1. The first-order valence-corrected chi connectivity index (χ1v) is 7.50. The second-order valence-corrected chi connectivity index (χ2v) is 5.27. The molecule has 5 heteroatoms. The summed E-state index contributed by atoms with van der Waals surface area (Å²) in [6, 6.07) is 5.65. The minimum atomic E-state index is -0.237. The van der Waals surface area contributed by atoms with Gasteiger partial charge in [0, 0.05) is 24.6 Å². The molecule has 1 aliphatic heterocycles. The van der Waals surface area contributed by atoms with E-state index in [-0.39, 0.29) is 18.0 Å². The van der Waals surface area contributed by atoms with Crippen LogP contribution >= 0.6 is 0 Å². The van der Waals surface area contributed by atoms with E-state index in [1.807, 2.05) is 32.0 Å². The molecule has 1 heterocycles. The minimum Gasteiger partial charge on any atom is -0.497 e. The summed E-state index contributed by atoms with van der Waals surface area (Å²) < 4.78 is 10.9. The summed E-state index contributed by atoms with van der Waals surface area (Å²) >= 11 is 0. The third kappa shape index (κ3) is 3.88. The number of carbonyl (C=O) groups is 1. The van der Waals surface area contributed by atoms with Gasteiger partial charge in [0.05, 0.1) is 19.8 Å². The molecule has 2 rings (SSSR count). The highest BCUT2D eigenvalue weighted by Crippen LogP contribution is 2.34. The van der Waals surface area contributed by atoms with Crippen LogP contribution in [-0.2, 0) is 4.79 Å². The van der Waals surface area contributed by atoms with Crippen LogP contribution < -0.4 is 20.1 Å². The van der Waals surface area contributed by atoms with Crippen molar-refractivity contribution in [3.05, 3.63) is 23.8 Å². The maximum atomic E-state index is 12.0. The van der Waals surface area contributed by atoms with Crippen molar-refractivity contribution in [1.29, 1.82) is 0 Å². The number of hydrogen-bond acceptors (Lipinski definition) is 4. The van der Waals surface area contributed by atoms with Gasteiger partial charge in [-0.15, -0.1) is 0 Å². The van der Waals surface area contributed by atoms with Crippen LogP contribution in [0, 0.1) is 0 Å². The van der Waals surface area contributed by atoms with Gasteiger partial charge in [-0.2, -0.15) is 0 Å². The van der Waals surface area contributed by atoms with Crippen molar-refractivity contribution in [3.63, 3.8) is 0 Å². The van der Waals surface area contributed by atoms with E-state index in [1.165, 1.54) is 0 Å². The van der Waals surface area contributed by atoms with Gasteiger partial charge in [-0.05, 0) is 31.5 Å². The fourth-order valence-corrected chi connectivity index (χ4v) is 2.45. The van der Waals surface area contributed by atoms with Crippen molar-refractivity contribution in [1.82, 2.24) is 10.6 Å². The average Bonchev–Trinajstić information content (AvgIpc) is 2.52. The zero-order valence-corrected chi connectivity index (χ0v) is 12.9. The molecule has 1 aromatic carbocycles. The number of rotatable bonds is 6. The highest BCUT2D eigenvalue weighted by molar-refractivity contribution is 5.81. The molecular weight excluding hydrogens is 268 g/mol. The number of hydrogen-bond donors (Lipinski definition) is 2. The Hall–Kier alpha value is -1.75. The van der Waals surface area contributed by atoms with Crippen molar-refractivity contribution in [2.24, 2.45) is 0 Å². The third-order valence-electron chi connectivity index (χ3n) is 3.65. The topological polar surface area (TPSA) is 59.6 Å². The normalized spacial score (nSPS) is 18.3. The van der Waals surface area contributed by atoms with E-state index in [2.05, 4.69) is 10.6 Å². The van der Waals surface area contributed by atoms with Crippen molar-refractivity contribution in [2.75, 3.05) is 20.3 Å². The summed E-state index contributed by atoms with van der Waals surface area (Å²) in [5.74, 6) is 1.70. The first kappa shape index (κ1) is 15.6. The second kappa shape index (κ2) is 7.31. The van der Waals surface area contributed by atoms with Crippen LogP contribution in [0.4, 0.5) is 0 Å². The van der Waals surface area contributed by atoms with Crippen molar-refractivity contribution >= 4 is 5.91 Å². The van der Waals surface area contributed by atoms with Crippen molar-refractivity contribution < 1.29 is 14.3 Å². The van der Waals surface area contributed by atoms with Crippen molar-refractivity contribution in [3.8, 4) is 11.5 Å². The molecule has 1 aliphatic rings. The molecule has 0 saturated carbocycles. The first-order chi connectivity index (χ1) is 10.2. The Kier molecular flexibility index (Phi) is 5.44. The van der Waals surface area contributed by atoms with Gasteiger partial charge in [-0.1, -0.05) is 6.92 Å². The Morgan fingerprint density at radius 3 is 3.05 bits per heavy atom. The Morgan fingerprint density at radius 2 is 2.33 bits per heavy atom. The van der Waals surface area contributed by atoms with E-state index in [0.29, 0.717) is 13.2 Å². The first-order valence-electron chi connectivity index (χ1n) is 7.50. The van der Waals surface area contributed by atoms with Gasteiger partial charge in [0.2, 0.25) is 5.91 Å². The molecule has 0 spiro atoms. The number of methoxy groups -OCH3 is 1. The van der Waals surface area contributed by atoms with Crippen LogP contribution in [0.3, 0.4) is 0 Å². The fourth-order valence-electron chi connectivity index (χ4n) is 2.45. The van der Waals surface area contributed by atoms with E-state index < -0.39 is 0 Å². The summed E-state index contributed by atoms with van der Waals surface area (Å²) in [6.07, 6.45) is 1.78. The molecule has 0 radical (unpaired) electrons. The smallest absolute Gasteiger partial charge is 0.236 e. The monoisotopic (exact) mass is 292 g/mol. The predicted molar refractivity (Wildman–Crippen MR) is 81.7 cm³/mol. The number of amides is 1. The van der Waals surface area contributed by atoms with Gasteiger partial charge in [0.1, 0.15) is 11.5 Å². The van der Waals surface area contributed by atoms with Crippen LogP contribution in [0.25, 0.3) is 0 Å². The fraction of sp³-hybridized carbons (Fsp3) is 0.562. The molecule has 116 valence electrons. The quantitative estimate of drug-likeness (QED) is 0.842. The standard InChI is InChI=1S/C16H24N2O3/c1-4-8-17-16(19)11(2)18-14-7-9-21-15-6-5-12(20-3)10-13(14)15/h5-6,10-11,14,18H,4,7-9H2,1-3H3,(H,17,19). The SMILES string of the molecule is CCCNC(=O)C(C)NC1CCOc2ccc(OC)cc21. The highest BCUT2D eigenvalue weighted by Gasteiger charge is 2.25. The lowest BCUT2D eigenvalue weighted by Crippen LogP contribution is -2.44. The van der Waals surface area contributed by atoms with Gasteiger partial charge in [-0.25, -0.2) is 0 Å². The summed E-state index contributed by atoms with van der Waals surface area (Å²) in [5, 5.41) is 6.30. The number of ether oxygens (including phenoxy) is 2. The Morgan fingerprint density at radius 1 is 1.52 bits per heavy atom. The molecule has 21 heavy (non-hydrogen) atoms. The molecule has 5 nitrogen and oxygen atoms in total. The molecule has 0 saturated heterocycles. The Bertz CT molecular complexity index is 490. The third-order valence-corrected chi connectivity index (χ3v) is 3.65. The van der Waals surface area contributed by atoms with Crippen LogP contribution in [0.2, 0.25) is 0 Å². The molecule has 1 aromatic rings. The number of fused-ring (bicyclic) bond motifs is 1. The van der Waals surface area contributed by atoms with Crippen LogP contribution in [0.5, 0.6) is 11.5 Å². The molecule has 1 amide bonds. The van der Waals surface area contributed by atoms with E-state index in [0.717, 1.165) is 29.9 Å². The lowest BCUT2D eigenvalue weighted by atomic mass is 9.99. The lowest BCUT2D eigenvalue weighted by molar-refractivity contribution is -0.123. The van der Waals surface area contributed by atoms with Crippen LogP contribution in [-0.4, -0.2) is 32.2 Å². The highest BCUT2D eigenvalue weighted by atomic mass is 16.5.